The number of nitrogens with one attached hydrogen (secondary N) is 1. The first-order chi connectivity index (χ1) is 21.5. The molecule has 1 saturated carbocycles. The number of alkyl halides is 3. The van der Waals surface area contributed by atoms with Gasteiger partial charge in [-0.1, -0.05) is 12.6 Å². The maximum atomic E-state index is 13.5. The Labute approximate surface area is 250 Å². The summed E-state index contributed by atoms with van der Waals surface area (Å²) >= 11 is 0. The van der Waals surface area contributed by atoms with Crippen LogP contribution in [0.5, 0.6) is 5.75 Å². The summed E-state index contributed by atoms with van der Waals surface area (Å²) in [5.74, 6) is -0.646. The summed E-state index contributed by atoms with van der Waals surface area (Å²) in [6.45, 7) is 6.35. The molecule has 6 rings (SSSR count). The van der Waals surface area contributed by atoms with Crippen LogP contribution in [0.3, 0.4) is 0 Å². The Balaban J connectivity index is 1.39. The molecule has 2 saturated heterocycles. The van der Waals surface area contributed by atoms with E-state index in [1.807, 2.05) is 6.07 Å². The first-order valence-electron chi connectivity index (χ1n) is 15.7. The third-order valence-electron chi connectivity index (χ3n) is 8.41. The van der Waals surface area contributed by atoms with E-state index < -0.39 is 35.6 Å². The van der Waals surface area contributed by atoms with Gasteiger partial charge in [0, 0.05) is 44.0 Å². The van der Waals surface area contributed by atoms with E-state index in [2.05, 4.69) is 26.8 Å². The van der Waals surface area contributed by atoms with Crippen molar-refractivity contribution in [3.8, 4) is 5.75 Å². The van der Waals surface area contributed by atoms with Crippen molar-refractivity contribution in [3.05, 3.63) is 60.4 Å². The lowest BCUT2D eigenvalue weighted by Gasteiger charge is -2.32. The maximum Gasteiger partial charge on any atom is 0.433 e. The van der Waals surface area contributed by atoms with Gasteiger partial charge in [0.1, 0.15) is 23.1 Å². The number of carbonyl (C=O) groups is 2. The number of fused-ring (bicyclic) bond motifs is 1. The average molecular weight is 599 g/mol. The Morgan fingerprint density at radius 2 is 1.88 bits per heavy atom. The fourth-order valence-electron chi connectivity index (χ4n) is 6.08. The van der Waals surface area contributed by atoms with Crippen LogP contribution in [-0.4, -0.2) is 74.5 Å². The highest BCUT2D eigenvalue weighted by Gasteiger charge is 2.35. The summed E-state index contributed by atoms with van der Waals surface area (Å²) in [5, 5.41) is 2.62. The second kappa shape index (κ2) is 12.0. The predicted molar refractivity (Wildman–Crippen MR) is 155 cm³/mol. The van der Waals surface area contributed by atoms with Crippen molar-refractivity contribution in [1.29, 1.82) is 0 Å². The molecule has 0 radical (unpaired) electrons. The molecule has 2 amide bonds. The summed E-state index contributed by atoms with van der Waals surface area (Å²) in [6.07, 6.45) is 1.75. The van der Waals surface area contributed by atoms with Crippen molar-refractivity contribution in [3.63, 3.8) is 0 Å². The SMILES string of the molecule is [2H]c1nc(C(F)(F)F)cc(C(=O)Nc2nc3cccc(OC4CCN(C5CC5)CC4)c3n2[C@@H]2CCCCN(C(=O)C=C)C2)c1[2H]. The fourth-order valence-corrected chi connectivity index (χ4v) is 6.08. The topological polar surface area (TPSA) is 92.6 Å². The molecule has 3 aliphatic rings. The zero-order chi connectivity index (χ0) is 31.9. The number of piperidine rings is 1. The minimum Gasteiger partial charge on any atom is -0.488 e. The van der Waals surface area contributed by atoms with Gasteiger partial charge in [-0.15, -0.1) is 0 Å². The Hall–Kier alpha value is -3.93. The zero-order valence-electron chi connectivity index (χ0n) is 25.7. The van der Waals surface area contributed by atoms with Crippen molar-refractivity contribution in [2.45, 2.75) is 69.3 Å². The first kappa shape index (κ1) is 26.7. The van der Waals surface area contributed by atoms with Crippen molar-refractivity contribution < 1.29 is 30.2 Å². The summed E-state index contributed by atoms with van der Waals surface area (Å²) in [4.78, 5) is 38.2. The van der Waals surface area contributed by atoms with E-state index in [-0.39, 0.29) is 24.0 Å². The number of nitrogens with zero attached hydrogens (tertiary/aromatic N) is 5. The molecule has 4 heterocycles. The lowest BCUT2D eigenvalue weighted by atomic mass is 10.1. The van der Waals surface area contributed by atoms with E-state index in [4.69, 9.17) is 7.48 Å². The predicted octanol–water partition coefficient (Wildman–Crippen LogP) is 5.45. The highest BCUT2D eigenvalue weighted by molar-refractivity contribution is 6.04. The van der Waals surface area contributed by atoms with E-state index in [1.54, 1.807) is 21.6 Å². The van der Waals surface area contributed by atoms with Gasteiger partial charge in [0.15, 0.2) is 0 Å². The number of ether oxygens (including phenoxy) is 1. The van der Waals surface area contributed by atoms with Crippen LogP contribution in [0.15, 0.2) is 49.1 Å². The third-order valence-corrected chi connectivity index (χ3v) is 8.41. The fraction of sp³-hybridized carbons (Fsp3) is 0.484. The van der Waals surface area contributed by atoms with E-state index in [0.717, 1.165) is 38.8 Å². The number of aromatic nitrogens is 3. The van der Waals surface area contributed by atoms with Gasteiger partial charge in [-0.3, -0.25) is 19.9 Å². The number of pyridine rings is 1. The van der Waals surface area contributed by atoms with Crippen molar-refractivity contribution in [1.82, 2.24) is 24.3 Å². The number of likely N-dealkylation sites (tertiary alicyclic amines) is 2. The molecule has 3 fully saturated rings. The smallest absolute Gasteiger partial charge is 0.433 e. The lowest BCUT2D eigenvalue weighted by molar-refractivity contribution is -0.141. The zero-order valence-corrected chi connectivity index (χ0v) is 23.7. The van der Waals surface area contributed by atoms with Gasteiger partial charge >= 0.3 is 6.18 Å². The molecule has 0 bridgehead atoms. The standard InChI is InChI=1S/C31H35F3N6O3/c1-2-27(41)39-15-4-3-6-22(19-39)40-28-24(7-5-8-25(28)43-23-12-16-38(17-13-23)21-9-10-21)36-30(40)37-29(42)20-11-14-35-26(18-20)31(32,33)34/h2,5,7-8,11,14,18,21-23H,1,3-4,6,9-10,12-13,15-17,19H2,(H,36,37,42)/t22-/m1/s1/i11D,14D. The number of benzene rings is 1. The number of amides is 2. The second-order valence-corrected chi connectivity index (χ2v) is 11.4. The molecule has 228 valence electrons. The molecular formula is C31H35F3N6O3. The minimum atomic E-state index is -4.91. The summed E-state index contributed by atoms with van der Waals surface area (Å²) < 4.78 is 64.7. The van der Waals surface area contributed by atoms with Crippen LogP contribution in [0.4, 0.5) is 19.1 Å². The van der Waals surface area contributed by atoms with Gasteiger partial charge in [0.25, 0.3) is 5.91 Å². The van der Waals surface area contributed by atoms with Gasteiger partial charge in [0.05, 0.1) is 14.3 Å². The van der Waals surface area contributed by atoms with Crippen LogP contribution in [0, 0.1) is 0 Å². The average Bonchev–Trinajstić information content (AvgIpc) is 3.83. The number of hydrogen-bond acceptors (Lipinski definition) is 6. The Morgan fingerprint density at radius 3 is 2.60 bits per heavy atom. The molecular weight excluding hydrogens is 561 g/mol. The Morgan fingerprint density at radius 1 is 1.09 bits per heavy atom. The number of anilines is 1. The van der Waals surface area contributed by atoms with E-state index >= 15 is 0 Å². The minimum absolute atomic E-state index is 0.0288. The largest absolute Gasteiger partial charge is 0.488 e. The lowest BCUT2D eigenvalue weighted by Crippen LogP contribution is -2.39. The van der Waals surface area contributed by atoms with Crippen LogP contribution in [0.2, 0.25) is 0 Å². The molecule has 43 heavy (non-hydrogen) atoms. The van der Waals surface area contributed by atoms with E-state index in [0.29, 0.717) is 48.4 Å². The van der Waals surface area contributed by atoms with Gasteiger partial charge in [-0.05, 0) is 75.3 Å². The van der Waals surface area contributed by atoms with Crippen LogP contribution < -0.4 is 10.1 Å². The van der Waals surface area contributed by atoms with Crippen LogP contribution in [0.1, 0.15) is 69.8 Å². The Bertz CT molecular complexity index is 1620. The molecule has 0 spiro atoms. The number of imidazole rings is 1. The number of para-hydroxylation sites is 1. The molecule has 0 unspecified atom stereocenters. The third kappa shape index (κ3) is 6.39. The molecule has 2 aromatic heterocycles. The molecule has 9 nitrogen and oxygen atoms in total. The monoisotopic (exact) mass is 598 g/mol. The number of hydrogen-bond donors (Lipinski definition) is 1. The molecule has 1 N–H and O–H groups in total. The number of rotatable bonds is 7. The first-order valence-corrected chi connectivity index (χ1v) is 14.7. The number of carbonyl (C=O) groups excluding carboxylic acids is 2. The van der Waals surface area contributed by atoms with Gasteiger partial charge < -0.3 is 19.1 Å². The van der Waals surface area contributed by atoms with Crippen LogP contribution in [-0.2, 0) is 11.0 Å². The highest BCUT2D eigenvalue weighted by atomic mass is 19.4. The van der Waals surface area contributed by atoms with Gasteiger partial charge in [0.2, 0.25) is 11.9 Å². The van der Waals surface area contributed by atoms with Crippen molar-refractivity contribution in [2.75, 3.05) is 31.5 Å². The molecule has 12 heteroatoms. The van der Waals surface area contributed by atoms with Crippen molar-refractivity contribution in [2.24, 2.45) is 0 Å². The van der Waals surface area contributed by atoms with Crippen molar-refractivity contribution >= 4 is 28.8 Å². The van der Waals surface area contributed by atoms with Gasteiger partial charge in [-0.2, -0.15) is 13.2 Å². The summed E-state index contributed by atoms with van der Waals surface area (Å²) in [7, 11) is 0. The molecule has 2 aliphatic heterocycles. The highest BCUT2D eigenvalue weighted by Crippen LogP contribution is 2.37. The Kier molecular flexibility index (Phi) is 7.44. The van der Waals surface area contributed by atoms with E-state index in [1.165, 1.54) is 18.9 Å². The van der Waals surface area contributed by atoms with Crippen LogP contribution >= 0.6 is 0 Å². The second-order valence-electron chi connectivity index (χ2n) is 11.4. The molecule has 1 atom stereocenters. The van der Waals surface area contributed by atoms with E-state index in [9.17, 15) is 22.8 Å². The normalized spacial score (nSPS) is 21.2. The summed E-state index contributed by atoms with van der Waals surface area (Å²) in [6, 6.07) is 5.47. The van der Waals surface area contributed by atoms with Crippen LogP contribution in [0.25, 0.3) is 11.0 Å². The summed E-state index contributed by atoms with van der Waals surface area (Å²) in [5.41, 5.74) is -0.979. The number of halogens is 3. The quantitative estimate of drug-likeness (QED) is 0.364. The molecule has 3 aromatic rings. The van der Waals surface area contributed by atoms with Gasteiger partial charge in [-0.25, -0.2) is 4.98 Å². The molecule has 1 aromatic carbocycles. The molecule has 1 aliphatic carbocycles. The maximum absolute atomic E-state index is 13.5.